The lowest BCUT2D eigenvalue weighted by Gasteiger charge is -2.03. The molecule has 0 radical (unpaired) electrons. The number of nitrogens with one attached hydrogen (secondary N) is 2. The summed E-state index contributed by atoms with van der Waals surface area (Å²) in [6.45, 7) is 3.65. The number of aryl methyl sites for hydroxylation is 1. The van der Waals surface area contributed by atoms with Gasteiger partial charge in [-0.2, -0.15) is 10.2 Å². The Balaban J connectivity index is 2.04. The van der Waals surface area contributed by atoms with E-state index in [1.165, 1.54) is 0 Å². The Kier molecular flexibility index (Phi) is 4.14. The molecule has 1 aromatic heterocycles. The Morgan fingerprint density at radius 3 is 2.60 bits per heavy atom. The van der Waals surface area contributed by atoms with Gasteiger partial charge in [-0.15, -0.1) is 0 Å². The normalized spacial score (nSPS) is 11.2. The van der Waals surface area contributed by atoms with Crippen LogP contribution in [0.4, 0.5) is 0 Å². The van der Waals surface area contributed by atoms with Crippen LogP contribution in [0.25, 0.3) is 0 Å². The number of H-pyrrole nitrogens is 1. The van der Waals surface area contributed by atoms with Crippen LogP contribution < -0.4 is 10.2 Å². The quantitative estimate of drug-likeness (QED) is 0.658. The number of hydrazone groups is 1. The smallest absolute Gasteiger partial charge is 0.291 e. The predicted molar refractivity (Wildman–Crippen MR) is 76.0 cm³/mol. The van der Waals surface area contributed by atoms with Crippen LogP contribution >= 0.6 is 0 Å². The molecular weight excluding hydrogens is 256 g/mol. The number of hydrogen-bond donors (Lipinski definition) is 2. The van der Waals surface area contributed by atoms with Gasteiger partial charge in [0.05, 0.1) is 12.8 Å². The zero-order chi connectivity index (χ0) is 14.5. The molecule has 0 aliphatic heterocycles. The molecule has 0 aliphatic rings. The van der Waals surface area contributed by atoms with Gasteiger partial charge >= 0.3 is 0 Å². The highest BCUT2D eigenvalue weighted by Crippen LogP contribution is 2.11. The number of carbonyl (C=O) groups is 1. The number of benzene rings is 1. The van der Waals surface area contributed by atoms with E-state index in [0.717, 1.165) is 17.0 Å². The van der Waals surface area contributed by atoms with E-state index in [-0.39, 0.29) is 5.91 Å². The third kappa shape index (κ3) is 3.23. The molecule has 1 aromatic carbocycles. The summed E-state index contributed by atoms with van der Waals surface area (Å²) in [6, 6.07) is 9.10. The van der Waals surface area contributed by atoms with Crippen LogP contribution in [-0.2, 0) is 0 Å². The summed E-state index contributed by atoms with van der Waals surface area (Å²) in [7, 11) is 1.61. The van der Waals surface area contributed by atoms with Crippen molar-refractivity contribution in [2.75, 3.05) is 7.11 Å². The van der Waals surface area contributed by atoms with Gasteiger partial charge in [-0.05, 0) is 49.7 Å². The molecule has 0 saturated carbocycles. The fourth-order valence-corrected chi connectivity index (χ4v) is 1.62. The SMILES string of the molecule is COc1ccc(/C(C)=N/NC(=O)c2cc(C)[nH]n2)cc1. The van der Waals surface area contributed by atoms with Gasteiger partial charge in [0.2, 0.25) is 0 Å². The van der Waals surface area contributed by atoms with Gasteiger partial charge in [-0.3, -0.25) is 9.89 Å². The number of aromatic amines is 1. The second-order valence-corrected chi connectivity index (χ2v) is 4.30. The van der Waals surface area contributed by atoms with Crippen LogP contribution in [0, 0.1) is 6.92 Å². The molecule has 0 spiro atoms. The highest BCUT2D eigenvalue weighted by molar-refractivity contribution is 6.00. The average Bonchev–Trinajstić information content (AvgIpc) is 2.91. The molecule has 0 unspecified atom stereocenters. The number of hydrogen-bond acceptors (Lipinski definition) is 4. The van der Waals surface area contributed by atoms with Crippen LogP contribution in [0.2, 0.25) is 0 Å². The molecule has 0 saturated heterocycles. The molecule has 0 aliphatic carbocycles. The number of ether oxygens (including phenoxy) is 1. The summed E-state index contributed by atoms with van der Waals surface area (Å²) in [5.41, 5.74) is 5.22. The number of carbonyl (C=O) groups excluding carboxylic acids is 1. The highest BCUT2D eigenvalue weighted by Gasteiger charge is 2.08. The zero-order valence-electron chi connectivity index (χ0n) is 11.6. The van der Waals surface area contributed by atoms with Gasteiger partial charge in [-0.25, -0.2) is 5.43 Å². The maximum absolute atomic E-state index is 11.8. The second kappa shape index (κ2) is 6.01. The Hall–Kier alpha value is -2.63. The molecule has 2 aromatic rings. The van der Waals surface area contributed by atoms with E-state index in [0.29, 0.717) is 11.4 Å². The molecule has 2 N–H and O–H groups in total. The largest absolute Gasteiger partial charge is 0.497 e. The van der Waals surface area contributed by atoms with Crippen molar-refractivity contribution in [3.05, 3.63) is 47.3 Å². The average molecular weight is 272 g/mol. The van der Waals surface area contributed by atoms with Crippen LogP contribution in [0.1, 0.15) is 28.7 Å². The molecular formula is C14H16N4O2. The summed E-state index contributed by atoms with van der Waals surface area (Å²) < 4.78 is 5.09. The van der Waals surface area contributed by atoms with Gasteiger partial charge in [0.1, 0.15) is 5.75 Å². The fraction of sp³-hybridized carbons (Fsp3) is 0.214. The van der Waals surface area contributed by atoms with E-state index in [9.17, 15) is 4.79 Å². The summed E-state index contributed by atoms with van der Waals surface area (Å²) in [6.07, 6.45) is 0. The fourth-order valence-electron chi connectivity index (χ4n) is 1.62. The van der Waals surface area contributed by atoms with E-state index in [2.05, 4.69) is 20.7 Å². The van der Waals surface area contributed by atoms with Crippen molar-refractivity contribution in [1.29, 1.82) is 0 Å². The van der Waals surface area contributed by atoms with Crippen LogP contribution in [0.5, 0.6) is 5.75 Å². The summed E-state index contributed by atoms with van der Waals surface area (Å²) >= 11 is 0. The van der Waals surface area contributed by atoms with Crippen molar-refractivity contribution in [1.82, 2.24) is 15.6 Å². The first-order valence-corrected chi connectivity index (χ1v) is 6.11. The van der Waals surface area contributed by atoms with Crippen molar-refractivity contribution >= 4 is 11.6 Å². The number of rotatable bonds is 4. The molecule has 0 atom stereocenters. The molecule has 6 heteroatoms. The van der Waals surface area contributed by atoms with Crippen LogP contribution in [0.15, 0.2) is 35.4 Å². The van der Waals surface area contributed by atoms with Crippen molar-refractivity contribution in [2.24, 2.45) is 5.10 Å². The molecule has 0 bridgehead atoms. The Morgan fingerprint density at radius 1 is 1.35 bits per heavy atom. The number of amides is 1. The minimum Gasteiger partial charge on any atom is -0.497 e. The third-order valence-electron chi connectivity index (χ3n) is 2.77. The Labute approximate surface area is 116 Å². The van der Waals surface area contributed by atoms with Crippen molar-refractivity contribution in [2.45, 2.75) is 13.8 Å². The maximum atomic E-state index is 11.8. The lowest BCUT2D eigenvalue weighted by molar-refractivity contribution is 0.0950. The van der Waals surface area contributed by atoms with Gasteiger partial charge in [0.25, 0.3) is 5.91 Å². The number of aromatic nitrogens is 2. The topological polar surface area (TPSA) is 79.4 Å². The monoisotopic (exact) mass is 272 g/mol. The second-order valence-electron chi connectivity index (χ2n) is 4.30. The predicted octanol–water partition coefficient (Wildman–Crippen LogP) is 1.88. The minimum absolute atomic E-state index is 0.314. The molecule has 20 heavy (non-hydrogen) atoms. The molecule has 2 rings (SSSR count). The molecule has 1 heterocycles. The summed E-state index contributed by atoms with van der Waals surface area (Å²) in [5.74, 6) is 0.430. The molecule has 1 amide bonds. The lowest BCUT2D eigenvalue weighted by Crippen LogP contribution is -2.19. The van der Waals surface area contributed by atoms with Gasteiger partial charge in [0, 0.05) is 5.69 Å². The van der Waals surface area contributed by atoms with Crippen molar-refractivity contribution in [3.8, 4) is 5.75 Å². The van der Waals surface area contributed by atoms with Crippen molar-refractivity contribution < 1.29 is 9.53 Å². The summed E-state index contributed by atoms with van der Waals surface area (Å²) in [4.78, 5) is 11.8. The Morgan fingerprint density at radius 2 is 2.05 bits per heavy atom. The van der Waals surface area contributed by atoms with Crippen molar-refractivity contribution in [3.63, 3.8) is 0 Å². The van der Waals surface area contributed by atoms with Gasteiger partial charge < -0.3 is 4.74 Å². The number of methoxy groups -OCH3 is 1. The van der Waals surface area contributed by atoms with Crippen LogP contribution in [-0.4, -0.2) is 28.9 Å². The van der Waals surface area contributed by atoms with Gasteiger partial charge in [-0.1, -0.05) is 0 Å². The molecule has 0 fully saturated rings. The van der Waals surface area contributed by atoms with E-state index >= 15 is 0 Å². The molecule has 6 nitrogen and oxygen atoms in total. The first-order valence-electron chi connectivity index (χ1n) is 6.11. The summed E-state index contributed by atoms with van der Waals surface area (Å²) in [5, 5.41) is 10.6. The van der Waals surface area contributed by atoms with Crippen LogP contribution in [0.3, 0.4) is 0 Å². The lowest BCUT2D eigenvalue weighted by atomic mass is 10.1. The van der Waals surface area contributed by atoms with E-state index in [1.807, 2.05) is 38.1 Å². The molecule has 104 valence electrons. The first kappa shape index (κ1) is 13.8. The van der Waals surface area contributed by atoms with E-state index in [4.69, 9.17) is 4.74 Å². The number of nitrogens with zero attached hydrogens (tertiary/aromatic N) is 2. The van der Waals surface area contributed by atoms with Gasteiger partial charge in [0.15, 0.2) is 5.69 Å². The Bertz CT molecular complexity index is 629. The highest BCUT2D eigenvalue weighted by atomic mass is 16.5. The zero-order valence-corrected chi connectivity index (χ0v) is 11.6. The standard InChI is InChI=1S/C14H16N4O2/c1-9-8-13(17-15-9)14(19)18-16-10(2)11-4-6-12(20-3)7-5-11/h4-8H,1-3H3,(H,15,17)(H,18,19)/b16-10+. The van der Waals surface area contributed by atoms with E-state index in [1.54, 1.807) is 13.2 Å². The first-order chi connectivity index (χ1) is 9.60. The third-order valence-corrected chi connectivity index (χ3v) is 2.77. The maximum Gasteiger partial charge on any atom is 0.291 e. The van der Waals surface area contributed by atoms with E-state index < -0.39 is 0 Å². The minimum atomic E-state index is -0.345.